The fraction of sp³-hybridized carbons (Fsp3) is 0.333. The van der Waals surface area contributed by atoms with Crippen LogP contribution in [0.1, 0.15) is 41.4 Å². The molecule has 26 heavy (non-hydrogen) atoms. The Morgan fingerprint density at radius 3 is 2.65 bits per heavy atom. The maximum absolute atomic E-state index is 12.6. The van der Waals surface area contributed by atoms with Crippen molar-refractivity contribution >= 4 is 33.0 Å². The summed E-state index contributed by atoms with van der Waals surface area (Å²) in [6.45, 7) is 3.03. The molecule has 1 aliphatic heterocycles. The van der Waals surface area contributed by atoms with Crippen LogP contribution in [0.4, 0.5) is 0 Å². The number of benzene rings is 1. The Morgan fingerprint density at radius 2 is 2.00 bits per heavy atom. The van der Waals surface area contributed by atoms with Crippen molar-refractivity contribution in [3.05, 3.63) is 52.2 Å². The number of nitrogens with zero attached hydrogens (tertiary/aromatic N) is 2. The van der Waals surface area contributed by atoms with Crippen molar-refractivity contribution in [2.75, 3.05) is 13.1 Å². The van der Waals surface area contributed by atoms with Crippen LogP contribution < -0.4 is 5.43 Å². The van der Waals surface area contributed by atoms with Crippen molar-refractivity contribution < 1.29 is 13.2 Å². The second-order valence-corrected chi connectivity index (χ2v) is 8.85. The van der Waals surface area contributed by atoms with Crippen LogP contribution in [0.5, 0.6) is 0 Å². The van der Waals surface area contributed by atoms with Crippen LogP contribution >= 0.6 is 11.3 Å². The molecule has 1 N–H and O–H groups in total. The minimum absolute atomic E-state index is 0.144. The zero-order valence-corrected chi connectivity index (χ0v) is 16.1. The lowest BCUT2D eigenvalue weighted by Crippen LogP contribution is -2.28. The topological polar surface area (TPSA) is 78.8 Å². The molecule has 2 aromatic rings. The highest BCUT2D eigenvalue weighted by Crippen LogP contribution is 2.21. The molecule has 0 radical (unpaired) electrons. The van der Waals surface area contributed by atoms with Gasteiger partial charge in [0.2, 0.25) is 10.0 Å². The quantitative estimate of drug-likeness (QED) is 0.607. The largest absolute Gasteiger partial charge is 0.271 e. The summed E-state index contributed by atoms with van der Waals surface area (Å²) < 4.78 is 26.8. The number of hydrazone groups is 1. The Hall–Kier alpha value is -2.03. The molecule has 1 amide bonds. The van der Waals surface area contributed by atoms with Gasteiger partial charge in [0.05, 0.1) is 15.5 Å². The van der Waals surface area contributed by atoms with Crippen LogP contribution in [0, 0.1) is 0 Å². The third-order valence-electron chi connectivity index (χ3n) is 4.23. The van der Waals surface area contributed by atoms with E-state index in [-0.39, 0.29) is 10.5 Å². The average Bonchev–Trinajstić information content (AvgIpc) is 3.36. The molecule has 0 saturated carbocycles. The second kappa shape index (κ2) is 8.11. The van der Waals surface area contributed by atoms with E-state index in [1.165, 1.54) is 16.4 Å². The van der Waals surface area contributed by atoms with Gasteiger partial charge >= 0.3 is 0 Å². The molecule has 0 unspecified atom stereocenters. The molecular formula is C18H21N3O3S2. The third-order valence-corrected chi connectivity index (χ3v) is 7.05. The van der Waals surface area contributed by atoms with Gasteiger partial charge in [-0.2, -0.15) is 9.41 Å². The van der Waals surface area contributed by atoms with Gasteiger partial charge in [-0.05, 0) is 48.9 Å². The van der Waals surface area contributed by atoms with E-state index in [2.05, 4.69) is 10.5 Å². The highest BCUT2D eigenvalue weighted by atomic mass is 32.2. The molecule has 8 heteroatoms. The van der Waals surface area contributed by atoms with Crippen molar-refractivity contribution in [3.8, 4) is 0 Å². The smallest absolute Gasteiger partial charge is 0.267 e. The summed E-state index contributed by atoms with van der Waals surface area (Å²) in [7, 11) is -3.55. The number of thiophene rings is 1. The van der Waals surface area contributed by atoms with Gasteiger partial charge in [-0.3, -0.25) is 4.79 Å². The normalized spacial score (nSPS) is 16.0. The van der Waals surface area contributed by atoms with Crippen LogP contribution in [0.25, 0.3) is 0 Å². The zero-order chi connectivity index (χ0) is 18.6. The van der Waals surface area contributed by atoms with Gasteiger partial charge in [-0.1, -0.05) is 19.1 Å². The van der Waals surface area contributed by atoms with Gasteiger partial charge in [0, 0.05) is 18.7 Å². The van der Waals surface area contributed by atoms with E-state index in [9.17, 15) is 13.2 Å². The SMILES string of the molecule is CC/C(=N/NC(=O)c1cccc(S(=O)(=O)N2CCCC2)c1)c1cccs1. The summed E-state index contributed by atoms with van der Waals surface area (Å²) in [5.74, 6) is -0.425. The summed E-state index contributed by atoms with van der Waals surface area (Å²) in [4.78, 5) is 13.6. The molecule has 0 spiro atoms. The lowest BCUT2D eigenvalue weighted by molar-refractivity contribution is 0.0954. The number of amides is 1. The van der Waals surface area contributed by atoms with Crippen molar-refractivity contribution in [3.63, 3.8) is 0 Å². The van der Waals surface area contributed by atoms with Gasteiger partial charge in [-0.25, -0.2) is 13.8 Å². The van der Waals surface area contributed by atoms with Crippen LogP contribution in [0.2, 0.25) is 0 Å². The number of carbonyl (C=O) groups excluding carboxylic acids is 1. The van der Waals surface area contributed by atoms with Crippen molar-refractivity contribution in [2.24, 2.45) is 5.10 Å². The fourth-order valence-electron chi connectivity index (χ4n) is 2.81. The molecule has 3 rings (SSSR count). The van der Waals surface area contributed by atoms with Crippen LogP contribution in [-0.4, -0.2) is 37.4 Å². The predicted molar refractivity (Wildman–Crippen MR) is 103 cm³/mol. The average molecular weight is 392 g/mol. The number of carbonyl (C=O) groups is 1. The minimum Gasteiger partial charge on any atom is -0.267 e. The summed E-state index contributed by atoms with van der Waals surface area (Å²) >= 11 is 1.56. The highest BCUT2D eigenvalue weighted by Gasteiger charge is 2.27. The van der Waals surface area contributed by atoms with Crippen LogP contribution in [0.3, 0.4) is 0 Å². The number of hydrogen-bond acceptors (Lipinski definition) is 5. The third kappa shape index (κ3) is 4.03. The molecule has 0 bridgehead atoms. The minimum atomic E-state index is -3.55. The summed E-state index contributed by atoms with van der Waals surface area (Å²) in [6, 6.07) is 9.99. The number of rotatable bonds is 6. The van der Waals surface area contributed by atoms with Crippen LogP contribution in [-0.2, 0) is 10.0 Å². The van der Waals surface area contributed by atoms with Crippen LogP contribution in [0.15, 0.2) is 51.8 Å². The first-order chi connectivity index (χ1) is 12.5. The van der Waals surface area contributed by atoms with E-state index in [0.29, 0.717) is 19.5 Å². The van der Waals surface area contributed by atoms with Gasteiger partial charge in [0.1, 0.15) is 0 Å². The Kier molecular flexibility index (Phi) is 5.85. The van der Waals surface area contributed by atoms with Crippen molar-refractivity contribution in [2.45, 2.75) is 31.1 Å². The molecule has 6 nitrogen and oxygen atoms in total. The highest BCUT2D eigenvalue weighted by molar-refractivity contribution is 7.89. The predicted octanol–water partition coefficient (Wildman–Crippen LogP) is 3.08. The van der Waals surface area contributed by atoms with E-state index in [1.54, 1.807) is 23.5 Å². The molecule has 0 atom stereocenters. The summed E-state index contributed by atoms with van der Waals surface area (Å²) in [6.07, 6.45) is 2.43. The Bertz CT molecular complexity index is 900. The molecule has 1 saturated heterocycles. The first kappa shape index (κ1) is 18.8. The van der Waals surface area contributed by atoms with Gasteiger partial charge in [-0.15, -0.1) is 11.3 Å². The second-order valence-electron chi connectivity index (χ2n) is 5.97. The molecule has 138 valence electrons. The van der Waals surface area contributed by atoms with Crippen molar-refractivity contribution in [1.82, 2.24) is 9.73 Å². The maximum atomic E-state index is 12.6. The summed E-state index contributed by atoms with van der Waals surface area (Å²) in [5, 5.41) is 6.15. The first-order valence-electron chi connectivity index (χ1n) is 8.53. The van der Waals surface area contributed by atoms with Gasteiger partial charge in [0.15, 0.2) is 0 Å². The number of nitrogens with one attached hydrogen (secondary N) is 1. The van der Waals surface area contributed by atoms with Gasteiger partial charge < -0.3 is 0 Å². The lowest BCUT2D eigenvalue weighted by Gasteiger charge is -2.15. The standard InChI is InChI=1S/C18H21N3O3S2/c1-2-16(17-9-6-12-25-17)19-20-18(22)14-7-5-8-15(13-14)26(23,24)21-10-3-4-11-21/h5-9,12-13H,2-4,10-11H2,1H3,(H,20,22)/b19-16-. The molecule has 0 aliphatic carbocycles. The van der Waals surface area contributed by atoms with E-state index < -0.39 is 15.9 Å². The Labute approximate surface area is 157 Å². The fourth-order valence-corrected chi connectivity index (χ4v) is 5.16. The molecule has 1 aromatic heterocycles. The van der Waals surface area contributed by atoms with E-state index in [1.807, 2.05) is 24.4 Å². The maximum Gasteiger partial charge on any atom is 0.271 e. The number of hydrogen-bond donors (Lipinski definition) is 1. The van der Waals surface area contributed by atoms with E-state index in [0.717, 1.165) is 23.4 Å². The van der Waals surface area contributed by atoms with Gasteiger partial charge in [0.25, 0.3) is 5.91 Å². The first-order valence-corrected chi connectivity index (χ1v) is 10.9. The molecule has 2 heterocycles. The zero-order valence-electron chi connectivity index (χ0n) is 14.5. The monoisotopic (exact) mass is 391 g/mol. The van der Waals surface area contributed by atoms with E-state index >= 15 is 0 Å². The lowest BCUT2D eigenvalue weighted by atomic mass is 10.2. The summed E-state index contributed by atoms with van der Waals surface area (Å²) in [5.41, 5.74) is 3.59. The molecule has 1 aliphatic rings. The Balaban J connectivity index is 1.78. The van der Waals surface area contributed by atoms with Crippen molar-refractivity contribution in [1.29, 1.82) is 0 Å². The van der Waals surface area contributed by atoms with E-state index in [4.69, 9.17) is 0 Å². The number of sulfonamides is 1. The molecular weight excluding hydrogens is 370 g/mol. The molecule has 1 aromatic carbocycles. The Morgan fingerprint density at radius 1 is 1.23 bits per heavy atom. The molecule has 1 fully saturated rings.